The first kappa shape index (κ1) is 14.0. The second kappa shape index (κ2) is 6.66. The van der Waals surface area contributed by atoms with Crippen molar-refractivity contribution < 1.29 is 13.9 Å². The number of ketones is 1. The molecule has 1 aromatic carbocycles. The normalized spacial score (nSPS) is 19.2. The lowest BCUT2D eigenvalue weighted by Crippen LogP contribution is -2.30. The van der Waals surface area contributed by atoms with Crippen molar-refractivity contribution in [2.24, 2.45) is 5.92 Å². The number of benzene rings is 1. The van der Waals surface area contributed by atoms with Gasteiger partial charge in [-0.2, -0.15) is 0 Å². The molecule has 1 atom stereocenters. The molecule has 4 heteroatoms. The summed E-state index contributed by atoms with van der Waals surface area (Å²) in [6.45, 7) is 2.05. The Morgan fingerprint density at radius 2 is 2.37 bits per heavy atom. The zero-order valence-electron chi connectivity index (χ0n) is 11.2. The Bertz CT molecular complexity index is 442. The molecule has 1 saturated heterocycles. The van der Waals surface area contributed by atoms with E-state index < -0.39 is 5.82 Å². The molecular weight excluding hydrogens is 245 g/mol. The fourth-order valence-electron chi connectivity index (χ4n) is 2.54. The van der Waals surface area contributed by atoms with Gasteiger partial charge in [0.05, 0.1) is 12.7 Å². The van der Waals surface area contributed by atoms with Crippen LogP contribution in [0.4, 0.5) is 4.39 Å². The van der Waals surface area contributed by atoms with Crippen LogP contribution in [0.2, 0.25) is 0 Å². The number of hydrogen-bond acceptors (Lipinski definition) is 3. The van der Waals surface area contributed by atoms with Crippen LogP contribution in [0, 0.1) is 11.7 Å². The van der Waals surface area contributed by atoms with Crippen LogP contribution in [0.3, 0.4) is 0 Å². The predicted octanol–water partition coefficient (Wildman–Crippen LogP) is 2.80. The molecule has 104 valence electrons. The summed E-state index contributed by atoms with van der Waals surface area (Å²) in [5, 5.41) is 3.33. The van der Waals surface area contributed by atoms with Crippen LogP contribution in [0.5, 0.6) is 5.75 Å². The smallest absolute Gasteiger partial charge is 0.166 e. The van der Waals surface area contributed by atoms with Gasteiger partial charge >= 0.3 is 0 Å². The number of hydrogen-bond donors (Lipinski definition) is 1. The van der Waals surface area contributed by atoms with Crippen molar-refractivity contribution >= 4 is 5.78 Å². The van der Waals surface area contributed by atoms with Gasteiger partial charge in [0, 0.05) is 6.42 Å². The lowest BCUT2D eigenvalue weighted by molar-refractivity contribution is 0.0968. The van der Waals surface area contributed by atoms with Crippen molar-refractivity contribution in [2.45, 2.75) is 25.7 Å². The average Bonchev–Trinajstić information content (AvgIpc) is 2.46. The van der Waals surface area contributed by atoms with Crippen LogP contribution in [0.15, 0.2) is 18.2 Å². The molecule has 0 radical (unpaired) electrons. The fourth-order valence-corrected chi connectivity index (χ4v) is 2.54. The summed E-state index contributed by atoms with van der Waals surface area (Å²) in [6.07, 6.45) is 3.64. The van der Waals surface area contributed by atoms with Gasteiger partial charge in [0.2, 0.25) is 0 Å². The highest BCUT2D eigenvalue weighted by atomic mass is 19.1. The quantitative estimate of drug-likeness (QED) is 0.832. The highest BCUT2D eigenvalue weighted by Gasteiger charge is 2.17. The Morgan fingerprint density at radius 3 is 3.05 bits per heavy atom. The summed E-state index contributed by atoms with van der Waals surface area (Å²) >= 11 is 0. The predicted molar refractivity (Wildman–Crippen MR) is 72.1 cm³/mol. The number of Topliss-reactive ketones (excluding diaryl/α,β-unsaturated/α-hetero) is 1. The number of methoxy groups -OCH3 is 1. The van der Waals surface area contributed by atoms with E-state index in [1.165, 1.54) is 38.2 Å². The fraction of sp³-hybridized carbons (Fsp3) is 0.533. The maximum absolute atomic E-state index is 13.2. The van der Waals surface area contributed by atoms with Gasteiger partial charge in [-0.3, -0.25) is 4.79 Å². The van der Waals surface area contributed by atoms with E-state index in [-0.39, 0.29) is 5.78 Å². The van der Waals surface area contributed by atoms with Gasteiger partial charge in [-0.25, -0.2) is 4.39 Å². The molecule has 0 amide bonds. The minimum Gasteiger partial charge on any atom is -0.496 e. The monoisotopic (exact) mass is 265 g/mol. The first-order chi connectivity index (χ1) is 9.20. The van der Waals surface area contributed by atoms with Gasteiger partial charge in [0.25, 0.3) is 0 Å². The highest BCUT2D eigenvalue weighted by molar-refractivity contribution is 5.98. The molecule has 3 nitrogen and oxygen atoms in total. The Morgan fingerprint density at radius 1 is 1.53 bits per heavy atom. The number of nitrogens with one attached hydrogen (secondary N) is 1. The molecule has 0 spiro atoms. The zero-order valence-corrected chi connectivity index (χ0v) is 11.2. The van der Waals surface area contributed by atoms with Crippen molar-refractivity contribution in [3.05, 3.63) is 29.6 Å². The molecule has 0 aliphatic carbocycles. The van der Waals surface area contributed by atoms with E-state index in [2.05, 4.69) is 5.32 Å². The molecule has 1 N–H and O–H groups in total. The SMILES string of the molecule is COc1ccc(F)cc1C(=O)CCC1CCCNC1. The van der Waals surface area contributed by atoms with Crippen molar-refractivity contribution in [3.63, 3.8) is 0 Å². The van der Waals surface area contributed by atoms with E-state index in [9.17, 15) is 9.18 Å². The topological polar surface area (TPSA) is 38.3 Å². The second-order valence-corrected chi connectivity index (χ2v) is 5.02. The van der Waals surface area contributed by atoms with E-state index in [0.717, 1.165) is 19.5 Å². The molecule has 1 aromatic rings. The summed E-state index contributed by atoms with van der Waals surface area (Å²) in [4.78, 5) is 12.2. The first-order valence-corrected chi connectivity index (χ1v) is 6.78. The van der Waals surface area contributed by atoms with Gasteiger partial charge in [0.1, 0.15) is 11.6 Å². The minimum atomic E-state index is -0.400. The Balaban J connectivity index is 1.97. The molecular formula is C15H20FNO2. The molecule has 0 saturated carbocycles. The van der Waals surface area contributed by atoms with Crippen molar-refractivity contribution in [2.75, 3.05) is 20.2 Å². The van der Waals surface area contributed by atoms with E-state index in [1.807, 2.05) is 0 Å². The molecule has 0 bridgehead atoms. The number of carbonyl (C=O) groups excluding carboxylic acids is 1. The maximum Gasteiger partial charge on any atom is 0.166 e. The number of rotatable bonds is 5. The second-order valence-electron chi connectivity index (χ2n) is 5.02. The summed E-state index contributed by atoms with van der Waals surface area (Å²) in [5.41, 5.74) is 0.353. The highest BCUT2D eigenvalue weighted by Crippen LogP contribution is 2.23. The number of piperidine rings is 1. The first-order valence-electron chi connectivity index (χ1n) is 6.78. The van der Waals surface area contributed by atoms with Gasteiger partial charge in [-0.15, -0.1) is 0 Å². The van der Waals surface area contributed by atoms with E-state index in [1.54, 1.807) is 0 Å². The van der Waals surface area contributed by atoms with Crippen LogP contribution < -0.4 is 10.1 Å². The Labute approximate surface area is 113 Å². The summed E-state index contributed by atoms with van der Waals surface area (Å²) < 4.78 is 18.3. The number of halogens is 1. The lowest BCUT2D eigenvalue weighted by Gasteiger charge is -2.22. The number of carbonyl (C=O) groups is 1. The zero-order chi connectivity index (χ0) is 13.7. The van der Waals surface area contributed by atoms with E-state index >= 15 is 0 Å². The molecule has 19 heavy (non-hydrogen) atoms. The molecule has 1 heterocycles. The maximum atomic E-state index is 13.2. The molecule has 1 aliphatic heterocycles. The van der Waals surface area contributed by atoms with Crippen molar-refractivity contribution in [1.82, 2.24) is 5.32 Å². The minimum absolute atomic E-state index is 0.0399. The Kier molecular flexibility index (Phi) is 4.91. The third kappa shape index (κ3) is 3.77. The third-order valence-electron chi connectivity index (χ3n) is 3.64. The summed E-state index contributed by atoms with van der Waals surface area (Å²) in [7, 11) is 1.50. The van der Waals surface area contributed by atoms with Gasteiger partial charge in [-0.05, 0) is 56.5 Å². The Hall–Kier alpha value is -1.42. The molecule has 0 aromatic heterocycles. The van der Waals surface area contributed by atoms with Crippen LogP contribution >= 0.6 is 0 Å². The van der Waals surface area contributed by atoms with Crippen LogP contribution in [0.25, 0.3) is 0 Å². The van der Waals surface area contributed by atoms with Crippen molar-refractivity contribution in [1.29, 1.82) is 0 Å². The van der Waals surface area contributed by atoms with Crippen LogP contribution in [-0.2, 0) is 0 Å². The number of ether oxygens (including phenoxy) is 1. The summed E-state index contributed by atoms with van der Waals surface area (Å²) in [6, 6.07) is 4.08. The average molecular weight is 265 g/mol. The van der Waals surface area contributed by atoms with E-state index in [4.69, 9.17) is 4.74 Å². The summed E-state index contributed by atoms with van der Waals surface area (Å²) in [5.74, 6) is 0.566. The van der Waals surface area contributed by atoms with Crippen LogP contribution in [0.1, 0.15) is 36.0 Å². The van der Waals surface area contributed by atoms with Crippen molar-refractivity contribution in [3.8, 4) is 5.75 Å². The molecule has 1 aliphatic rings. The molecule has 2 rings (SSSR count). The lowest BCUT2D eigenvalue weighted by atomic mass is 9.92. The third-order valence-corrected chi connectivity index (χ3v) is 3.64. The standard InChI is InChI=1S/C15H20FNO2/c1-19-15-7-5-12(16)9-13(15)14(18)6-4-11-3-2-8-17-10-11/h5,7,9,11,17H,2-4,6,8,10H2,1H3. The van der Waals surface area contributed by atoms with Gasteiger partial charge < -0.3 is 10.1 Å². The molecule has 1 unspecified atom stereocenters. The van der Waals surface area contributed by atoms with Crippen LogP contribution in [-0.4, -0.2) is 26.0 Å². The van der Waals surface area contributed by atoms with Gasteiger partial charge in [-0.1, -0.05) is 0 Å². The largest absolute Gasteiger partial charge is 0.496 e. The van der Waals surface area contributed by atoms with Gasteiger partial charge in [0.15, 0.2) is 5.78 Å². The molecule has 1 fully saturated rings. The van der Waals surface area contributed by atoms with E-state index in [0.29, 0.717) is 23.7 Å².